The molecule has 2 aromatic rings. The van der Waals surface area contributed by atoms with Crippen LogP contribution in [-0.4, -0.2) is 20.6 Å². The second-order valence-corrected chi connectivity index (χ2v) is 6.29. The summed E-state index contributed by atoms with van der Waals surface area (Å²) >= 11 is 0.996. The Labute approximate surface area is 133 Å². The minimum Gasteiger partial charge on any atom is -0.351 e. The molecule has 0 aliphatic carbocycles. The van der Waals surface area contributed by atoms with Gasteiger partial charge in [0, 0.05) is 18.9 Å². The van der Waals surface area contributed by atoms with E-state index in [4.69, 9.17) is 0 Å². The fraction of sp³-hybridized carbons (Fsp3) is 0.176. The van der Waals surface area contributed by atoms with Crippen LogP contribution in [0, 0.1) is 6.92 Å². The number of aromatic nitrogens is 1. The summed E-state index contributed by atoms with van der Waals surface area (Å²) in [5, 5.41) is -0.217. The summed E-state index contributed by atoms with van der Waals surface area (Å²) in [6, 6.07) is 11.7. The van der Waals surface area contributed by atoms with Crippen molar-refractivity contribution in [2.24, 2.45) is 7.05 Å². The zero-order valence-corrected chi connectivity index (χ0v) is 13.3. The first kappa shape index (κ1) is 14.7. The summed E-state index contributed by atoms with van der Waals surface area (Å²) < 4.78 is 1.91. The molecule has 0 bridgehead atoms. The molecule has 1 aromatic heterocycles. The predicted molar refractivity (Wildman–Crippen MR) is 88.1 cm³/mol. The largest absolute Gasteiger partial charge is 0.351 e. The fourth-order valence-corrected chi connectivity index (χ4v) is 3.09. The molecule has 1 saturated heterocycles. The van der Waals surface area contributed by atoms with Gasteiger partial charge in [-0.2, -0.15) is 0 Å². The van der Waals surface area contributed by atoms with Gasteiger partial charge in [-0.15, -0.1) is 0 Å². The van der Waals surface area contributed by atoms with Crippen molar-refractivity contribution in [3.05, 3.63) is 64.3 Å². The molecule has 0 saturated carbocycles. The molecule has 5 heteroatoms. The molecule has 3 rings (SSSR count). The van der Waals surface area contributed by atoms with E-state index in [2.05, 4.69) is 0 Å². The van der Waals surface area contributed by atoms with Gasteiger partial charge in [0.15, 0.2) is 0 Å². The minimum absolute atomic E-state index is 0.217. The molecular formula is C17H16N2O2S. The summed E-state index contributed by atoms with van der Waals surface area (Å²) in [5.41, 5.74) is 3.01. The Morgan fingerprint density at radius 2 is 1.86 bits per heavy atom. The fourth-order valence-electron chi connectivity index (χ4n) is 2.27. The molecule has 112 valence electrons. The van der Waals surface area contributed by atoms with Gasteiger partial charge in [0.2, 0.25) is 0 Å². The van der Waals surface area contributed by atoms with E-state index >= 15 is 0 Å². The summed E-state index contributed by atoms with van der Waals surface area (Å²) in [6.07, 6.45) is 3.67. The normalized spacial score (nSPS) is 16.8. The Morgan fingerprint density at radius 3 is 2.50 bits per heavy atom. The average molecular weight is 312 g/mol. The predicted octanol–water partition coefficient (Wildman–Crippen LogP) is 3.57. The second-order valence-electron chi connectivity index (χ2n) is 5.30. The van der Waals surface area contributed by atoms with E-state index in [-0.39, 0.29) is 11.1 Å². The molecule has 1 aliphatic rings. The molecule has 4 nitrogen and oxygen atoms in total. The zero-order chi connectivity index (χ0) is 15.7. The SMILES string of the molecule is Cc1ccc(CN2C(=O)S/C(=C\c3cccn3C)C2=O)cc1. The summed E-state index contributed by atoms with van der Waals surface area (Å²) in [4.78, 5) is 26.3. The molecule has 1 fully saturated rings. The Hall–Kier alpha value is -2.27. The van der Waals surface area contributed by atoms with Crippen molar-refractivity contribution in [1.29, 1.82) is 0 Å². The molecule has 0 spiro atoms. The third kappa shape index (κ3) is 2.85. The van der Waals surface area contributed by atoms with Crippen molar-refractivity contribution in [3.63, 3.8) is 0 Å². The van der Waals surface area contributed by atoms with E-state index in [1.54, 1.807) is 6.08 Å². The van der Waals surface area contributed by atoms with Crippen molar-refractivity contribution < 1.29 is 9.59 Å². The highest BCUT2D eigenvalue weighted by Gasteiger charge is 2.35. The summed E-state index contributed by atoms with van der Waals surface area (Å²) in [5.74, 6) is -0.225. The highest BCUT2D eigenvalue weighted by molar-refractivity contribution is 8.18. The van der Waals surface area contributed by atoms with Crippen molar-refractivity contribution >= 4 is 29.0 Å². The Kier molecular flexibility index (Phi) is 3.90. The number of carbonyl (C=O) groups is 2. The van der Waals surface area contributed by atoms with Crippen molar-refractivity contribution in [3.8, 4) is 0 Å². The van der Waals surface area contributed by atoms with E-state index in [0.717, 1.165) is 28.6 Å². The van der Waals surface area contributed by atoms with Crippen LogP contribution in [0.5, 0.6) is 0 Å². The van der Waals surface area contributed by atoms with Crippen molar-refractivity contribution in [2.75, 3.05) is 0 Å². The Morgan fingerprint density at radius 1 is 1.14 bits per heavy atom. The molecular weight excluding hydrogens is 296 g/mol. The standard InChI is InChI=1S/C17H16N2O2S/c1-12-5-7-13(8-6-12)11-19-16(20)15(22-17(19)21)10-14-4-3-9-18(14)2/h3-10H,11H2,1-2H3/b15-10-. The lowest BCUT2D eigenvalue weighted by molar-refractivity contribution is -0.123. The van der Waals surface area contributed by atoms with Crippen molar-refractivity contribution in [2.45, 2.75) is 13.5 Å². The van der Waals surface area contributed by atoms with Crippen LogP contribution in [0.2, 0.25) is 0 Å². The number of amides is 2. The molecule has 0 radical (unpaired) electrons. The third-order valence-corrected chi connectivity index (χ3v) is 4.51. The molecule has 22 heavy (non-hydrogen) atoms. The molecule has 2 heterocycles. The molecule has 1 aromatic carbocycles. The van der Waals surface area contributed by atoms with Gasteiger partial charge in [0.1, 0.15) is 0 Å². The maximum atomic E-state index is 12.4. The number of benzene rings is 1. The number of aryl methyl sites for hydroxylation is 2. The lowest BCUT2D eigenvalue weighted by Gasteiger charge is -2.12. The summed E-state index contributed by atoms with van der Waals surface area (Å²) in [7, 11) is 1.91. The van der Waals surface area contributed by atoms with Crippen LogP contribution in [-0.2, 0) is 18.4 Å². The minimum atomic E-state index is -0.225. The van der Waals surface area contributed by atoms with E-state index in [9.17, 15) is 9.59 Å². The zero-order valence-electron chi connectivity index (χ0n) is 12.4. The number of nitrogens with zero attached hydrogens (tertiary/aromatic N) is 2. The van der Waals surface area contributed by atoms with Gasteiger partial charge < -0.3 is 4.57 Å². The third-order valence-electron chi connectivity index (χ3n) is 3.60. The first-order valence-corrected chi connectivity index (χ1v) is 7.78. The number of carbonyl (C=O) groups excluding carboxylic acids is 2. The quantitative estimate of drug-likeness (QED) is 0.814. The monoisotopic (exact) mass is 312 g/mol. The number of hydrogen-bond donors (Lipinski definition) is 0. The van der Waals surface area contributed by atoms with Crippen molar-refractivity contribution in [1.82, 2.24) is 9.47 Å². The van der Waals surface area contributed by atoms with Crippen LogP contribution in [0.15, 0.2) is 47.5 Å². The molecule has 0 N–H and O–H groups in total. The lowest BCUT2D eigenvalue weighted by atomic mass is 10.1. The van der Waals surface area contributed by atoms with E-state index in [1.165, 1.54) is 4.90 Å². The van der Waals surface area contributed by atoms with Gasteiger partial charge in [-0.25, -0.2) is 0 Å². The smallest absolute Gasteiger partial charge is 0.293 e. The number of thioether (sulfide) groups is 1. The lowest BCUT2D eigenvalue weighted by Crippen LogP contribution is -2.27. The van der Waals surface area contributed by atoms with Gasteiger partial charge in [0.25, 0.3) is 11.1 Å². The Balaban J connectivity index is 1.81. The van der Waals surface area contributed by atoms with Crippen LogP contribution in [0.4, 0.5) is 4.79 Å². The maximum absolute atomic E-state index is 12.4. The van der Waals surface area contributed by atoms with Gasteiger partial charge in [0.05, 0.1) is 11.4 Å². The summed E-state index contributed by atoms with van der Waals surface area (Å²) in [6.45, 7) is 2.32. The van der Waals surface area contributed by atoms with Gasteiger partial charge in [-0.05, 0) is 42.5 Å². The van der Waals surface area contributed by atoms with E-state index < -0.39 is 0 Å². The Bertz CT molecular complexity index is 759. The van der Waals surface area contributed by atoms with Crippen LogP contribution < -0.4 is 0 Å². The van der Waals surface area contributed by atoms with E-state index in [0.29, 0.717) is 11.4 Å². The first-order chi connectivity index (χ1) is 10.5. The molecule has 1 aliphatic heterocycles. The van der Waals surface area contributed by atoms with Crippen LogP contribution >= 0.6 is 11.8 Å². The van der Waals surface area contributed by atoms with Crippen LogP contribution in [0.25, 0.3) is 6.08 Å². The van der Waals surface area contributed by atoms with Gasteiger partial charge in [-0.3, -0.25) is 14.5 Å². The second kappa shape index (κ2) is 5.85. The highest BCUT2D eigenvalue weighted by Crippen LogP contribution is 2.33. The van der Waals surface area contributed by atoms with Crippen LogP contribution in [0.3, 0.4) is 0 Å². The molecule has 0 atom stereocenters. The topological polar surface area (TPSA) is 42.3 Å². The number of imide groups is 1. The average Bonchev–Trinajstić information content (AvgIpc) is 3.00. The van der Waals surface area contributed by atoms with E-state index in [1.807, 2.05) is 61.1 Å². The number of rotatable bonds is 3. The highest BCUT2D eigenvalue weighted by atomic mass is 32.2. The first-order valence-electron chi connectivity index (χ1n) is 6.97. The van der Waals surface area contributed by atoms with Gasteiger partial charge >= 0.3 is 0 Å². The molecule has 0 unspecified atom stereocenters. The van der Waals surface area contributed by atoms with Crippen LogP contribution in [0.1, 0.15) is 16.8 Å². The maximum Gasteiger partial charge on any atom is 0.293 e. The molecule has 2 amide bonds. The number of hydrogen-bond acceptors (Lipinski definition) is 3. The van der Waals surface area contributed by atoms with Gasteiger partial charge in [-0.1, -0.05) is 29.8 Å².